The van der Waals surface area contributed by atoms with Crippen molar-refractivity contribution in [2.24, 2.45) is 23.7 Å². The van der Waals surface area contributed by atoms with Crippen LogP contribution in [0.5, 0.6) is 0 Å². The van der Waals surface area contributed by atoms with Crippen LogP contribution in [-0.4, -0.2) is 0 Å². The van der Waals surface area contributed by atoms with E-state index >= 15 is 0 Å². The van der Waals surface area contributed by atoms with Gasteiger partial charge in [-0.25, -0.2) is 0 Å². The molecule has 4 aromatic heterocycles. The van der Waals surface area contributed by atoms with E-state index < -0.39 is 0 Å². The number of hydrogen-bond acceptors (Lipinski definition) is 4. The van der Waals surface area contributed by atoms with Gasteiger partial charge in [-0.1, -0.05) is 80.1 Å². The summed E-state index contributed by atoms with van der Waals surface area (Å²) in [6.45, 7) is 19.0. The van der Waals surface area contributed by atoms with Gasteiger partial charge >= 0.3 is 0 Å². The second kappa shape index (κ2) is 14.5. The molecule has 1 aliphatic rings. The highest BCUT2D eigenvalue weighted by Crippen LogP contribution is 2.62. The maximum Gasteiger partial charge on any atom is 0.0493 e. The first-order chi connectivity index (χ1) is 20.6. The van der Waals surface area contributed by atoms with E-state index in [1.54, 1.807) is 20.9 Å². The van der Waals surface area contributed by atoms with Crippen LogP contribution in [0.1, 0.15) is 127 Å². The molecule has 1 aliphatic carbocycles. The van der Waals surface area contributed by atoms with Crippen molar-refractivity contribution in [3.63, 3.8) is 0 Å². The lowest BCUT2D eigenvalue weighted by Gasteiger charge is -2.33. The van der Waals surface area contributed by atoms with Gasteiger partial charge in [0.25, 0.3) is 0 Å². The van der Waals surface area contributed by atoms with Crippen LogP contribution in [0, 0.1) is 37.5 Å². The maximum atomic E-state index is 2.64. The molecule has 4 heteroatoms. The second-order valence-electron chi connectivity index (χ2n) is 14.5. The van der Waals surface area contributed by atoms with Gasteiger partial charge < -0.3 is 0 Å². The maximum absolute atomic E-state index is 2.64. The van der Waals surface area contributed by atoms with Crippen LogP contribution in [0.4, 0.5) is 0 Å². The van der Waals surface area contributed by atoms with Crippen LogP contribution in [0.15, 0.2) is 36.4 Å². The van der Waals surface area contributed by atoms with E-state index in [2.05, 4.69) is 114 Å². The Morgan fingerprint density at radius 1 is 0.512 bits per heavy atom. The molecule has 5 rings (SSSR count). The number of hydrogen-bond donors (Lipinski definition) is 0. The first-order valence-electron chi connectivity index (χ1n) is 17.0. The Bertz CT molecular complexity index is 1340. The Labute approximate surface area is 279 Å². The van der Waals surface area contributed by atoms with Crippen LogP contribution < -0.4 is 0 Å². The fraction of sp³-hybridized carbons (Fsp3) is 0.590. The SMILES string of the molecule is Cc1ccc(-c2cc3c(s2)-c2sc(-c4ccc(C)s4)cc2C3(CCC(C)CCCC(C)C)CCC(C)CCCC(C)C)s1. The third-order valence-corrected chi connectivity index (χ3v) is 14.6. The molecular formula is C39H54S4. The summed E-state index contributed by atoms with van der Waals surface area (Å²) in [5.41, 5.74) is 3.47. The van der Waals surface area contributed by atoms with E-state index in [1.165, 1.54) is 93.5 Å². The molecule has 0 aromatic carbocycles. The molecule has 0 N–H and O–H groups in total. The van der Waals surface area contributed by atoms with Gasteiger partial charge in [-0.2, -0.15) is 0 Å². The Kier molecular flexibility index (Phi) is 11.2. The van der Waals surface area contributed by atoms with Gasteiger partial charge in [0.15, 0.2) is 0 Å². The minimum absolute atomic E-state index is 0.144. The van der Waals surface area contributed by atoms with Crippen LogP contribution >= 0.6 is 45.3 Å². The molecule has 0 saturated carbocycles. The van der Waals surface area contributed by atoms with Crippen molar-refractivity contribution in [1.29, 1.82) is 0 Å². The van der Waals surface area contributed by atoms with Crippen molar-refractivity contribution in [3.8, 4) is 29.3 Å². The molecule has 234 valence electrons. The predicted octanol–water partition coefficient (Wildman–Crippen LogP) is 14.6. The Hall–Kier alpha value is -1.20. The Balaban J connectivity index is 1.52. The standard InChI is InChI=1S/C39H54S4/c1-25(2)11-9-13-27(5)19-21-39(22-20-28(6)14-10-12-26(3)4)31-23-35(33-17-15-29(7)40-33)42-37(31)38-32(39)24-36(43-38)34-18-16-30(8)41-34/h15-18,23-28H,9-14,19-22H2,1-8H3. The van der Waals surface area contributed by atoms with Gasteiger partial charge in [0, 0.05) is 44.4 Å². The summed E-state index contributed by atoms with van der Waals surface area (Å²) >= 11 is 8.06. The average molecular weight is 651 g/mol. The van der Waals surface area contributed by atoms with Crippen LogP contribution in [-0.2, 0) is 5.41 Å². The van der Waals surface area contributed by atoms with E-state index in [9.17, 15) is 0 Å². The highest BCUT2D eigenvalue weighted by Gasteiger charge is 2.46. The highest BCUT2D eigenvalue weighted by molar-refractivity contribution is 7.29. The van der Waals surface area contributed by atoms with Crippen molar-refractivity contribution < 1.29 is 0 Å². The molecular weight excluding hydrogens is 597 g/mol. The smallest absolute Gasteiger partial charge is 0.0493 e. The Morgan fingerprint density at radius 3 is 1.28 bits per heavy atom. The minimum Gasteiger partial charge on any atom is -0.140 e. The molecule has 43 heavy (non-hydrogen) atoms. The quantitative estimate of drug-likeness (QED) is 0.113. The molecule has 0 spiro atoms. The van der Waals surface area contributed by atoms with Crippen molar-refractivity contribution >= 4 is 45.3 Å². The lowest BCUT2D eigenvalue weighted by molar-refractivity contribution is 0.328. The van der Waals surface area contributed by atoms with Gasteiger partial charge in [0.1, 0.15) is 0 Å². The molecule has 4 aromatic rings. The van der Waals surface area contributed by atoms with Crippen molar-refractivity contribution in [2.75, 3.05) is 0 Å². The van der Waals surface area contributed by atoms with E-state index in [0.717, 1.165) is 23.7 Å². The molecule has 0 fully saturated rings. The van der Waals surface area contributed by atoms with Crippen LogP contribution in [0.2, 0.25) is 0 Å². The van der Waals surface area contributed by atoms with Crippen molar-refractivity contribution in [2.45, 2.75) is 125 Å². The topological polar surface area (TPSA) is 0 Å². The van der Waals surface area contributed by atoms with Crippen LogP contribution in [0.25, 0.3) is 29.3 Å². The summed E-state index contributed by atoms with van der Waals surface area (Å²) in [5.74, 6) is 3.18. The highest BCUT2D eigenvalue weighted by atomic mass is 32.1. The summed E-state index contributed by atoms with van der Waals surface area (Å²) < 4.78 is 0. The van der Waals surface area contributed by atoms with E-state index in [0.29, 0.717) is 0 Å². The first-order valence-corrected chi connectivity index (χ1v) is 20.2. The minimum atomic E-state index is 0.144. The zero-order valence-electron chi connectivity index (χ0n) is 28.0. The Morgan fingerprint density at radius 2 is 0.930 bits per heavy atom. The summed E-state index contributed by atoms with van der Waals surface area (Å²) in [4.78, 5) is 11.8. The van der Waals surface area contributed by atoms with Gasteiger partial charge in [0.05, 0.1) is 0 Å². The largest absolute Gasteiger partial charge is 0.140 e. The summed E-state index contributed by atoms with van der Waals surface area (Å²) in [5, 5.41) is 0. The first kappa shape index (κ1) is 33.2. The molecule has 0 saturated heterocycles. The lowest BCUT2D eigenvalue weighted by atomic mass is 9.69. The second-order valence-corrected chi connectivity index (χ2v) is 19.2. The van der Waals surface area contributed by atoms with E-state index in [-0.39, 0.29) is 5.41 Å². The molecule has 2 unspecified atom stereocenters. The number of rotatable bonds is 16. The lowest BCUT2D eigenvalue weighted by Crippen LogP contribution is -2.26. The third kappa shape index (κ3) is 7.79. The average Bonchev–Trinajstić information content (AvgIpc) is 3.75. The molecule has 0 nitrogen and oxygen atoms in total. The van der Waals surface area contributed by atoms with Gasteiger partial charge in [0.2, 0.25) is 0 Å². The fourth-order valence-electron chi connectivity index (χ4n) is 7.04. The van der Waals surface area contributed by atoms with Gasteiger partial charge in [-0.15, -0.1) is 45.3 Å². The van der Waals surface area contributed by atoms with Gasteiger partial charge in [-0.3, -0.25) is 0 Å². The molecule has 0 amide bonds. The molecule has 4 heterocycles. The summed E-state index contributed by atoms with van der Waals surface area (Å²) in [6, 6.07) is 14.6. The molecule has 2 atom stereocenters. The van der Waals surface area contributed by atoms with Crippen LogP contribution in [0.3, 0.4) is 0 Å². The molecule has 0 bridgehead atoms. The fourth-order valence-corrected chi connectivity index (χ4v) is 11.6. The normalized spacial score (nSPS) is 15.4. The van der Waals surface area contributed by atoms with E-state index in [4.69, 9.17) is 0 Å². The molecule has 0 aliphatic heterocycles. The van der Waals surface area contributed by atoms with Gasteiger partial charge in [-0.05, 0) is 111 Å². The monoisotopic (exact) mass is 650 g/mol. The zero-order valence-corrected chi connectivity index (χ0v) is 31.2. The van der Waals surface area contributed by atoms with Crippen molar-refractivity contribution in [1.82, 2.24) is 0 Å². The number of fused-ring (bicyclic) bond motifs is 3. The van der Waals surface area contributed by atoms with E-state index in [1.807, 2.05) is 22.7 Å². The number of aryl methyl sites for hydroxylation is 2. The summed E-state index contributed by atoms with van der Waals surface area (Å²) in [6.07, 6.45) is 13.4. The third-order valence-electron chi connectivity index (χ3n) is 9.75. The summed E-state index contributed by atoms with van der Waals surface area (Å²) in [7, 11) is 0. The predicted molar refractivity (Wildman–Crippen MR) is 199 cm³/mol. The van der Waals surface area contributed by atoms with Crippen molar-refractivity contribution in [3.05, 3.63) is 57.3 Å². The molecule has 0 radical (unpaired) electrons. The number of thiophene rings is 4. The zero-order chi connectivity index (χ0) is 30.7.